The Bertz CT molecular complexity index is 574. The SMILES string of the molecule is COc1ccc(-n2nnnc2C2CCCC2)c(N)c1. The quantitative estimate of drug-likeness (QED) is 0.852. The van der Waals surface area contributed by atoms with Crippen molar-refractivity contribution in [1.82, 2.24) is 20.2 Å². The second-order valence-electron chi connectivity index (χ2n) is 4.86. The van der Waals surface area contributed by atoms with Gasteiger partial charge in [0, 0.05) is 12.0 Å². The Morgan fingerprint density at radius 1 is 1.32 bits per heavy atom. The molecule has 0 atom stereocenters. The van der Waals surface area contributed by atoms with Crippen LogP contribution in [-0.2, 0) is 0 Å². The molecule has 0 saturated heterocycles. The van der Waals surface area contributed by atoms with Crippen molar-refractivity contribution >= 4 is 5.69 Å². The fourth-order valence-electron chi connectivity index (χ4n) is 2.66. The van der Waals surface area contributed by atoms with E-state index in [1.807, 2.05) is 12.1 Å². The van der Waals surface area contributed by atoms with E-state index < -0.39 is 0 Å². The molecule has 1 heterocycles. The number of aromatic nitrogens is 4. The molecular weight excluding hydrogens is 242 g/mol. The topological polar surface area (TPSA) is 78.8 Å². The standard InChI is InChI=1S/C13H17N5O/c1-19-10-6-7-12(11(14)8-10)18-13(15-16-17-18)9-4-2-3-5-9/h6-9H,2-5,14H2,1H3. The van der Waals surface area contributed by atoms with Crippen molar-refractivity contribution < 1.29 is 4.74 Å². The number of hydrogen-bond acceptors (Lipinski definition) is 5. The molecule has 0 amide bonds. The average molecular weight is 259 g/mol. The molecule has 2 N–H and O–H groups in total. The first-order chi connectivity index (χ1) is 9.29. The summed E-state index contributed by atoms with van der Waals surface area (Å²) in [7, 11) is 1.62. The second kappa shape index (κ2) is 4.87. The first kappa shape index (κ1) is 12.0. The van der Waals surface area contributed by atoms with Gasteiger partial charge in [0.2, 0.25) is 0 Å². The van der Waals surface area contributed by atoms with E-state index in [1.165, 1.54) is 12.8 Å². The normalized spacial score (nSPS) is 15.8. The van der Waals surface area contributed by atoms with Gasteiger partial charge in [0.15, 0.2) is 5.82 Å². The molecule has 1 aromatic carbocycles. The van der Waals surface area contributed by atoms with Gasteiger partial charge in [0.1, 0.15) is 5.75 Å². The maximum Gasteiger partial charge on any atom is 0.159 e. The maximum atomic E-state index is 6.06. The van der Waals surface area contributed by atoms with Crippen LogP contribution in [0.3, 0.4) is 0 Å². The third kappa shape index (κ3) is 2.14. The van der Waals surface area contributed by atoms with E-state index in [-0.39, 0.29) is 0 Å². The van der Waals surface area contributed by atoms with Crippen molar-refractivity contribution in [2.45, 2.75) is 31.6 Å². The molecule has 2 aromatic rings. The Kier molecular flexibility index (Phi) is 3.06. The van der Waals surface area contributed by atoms with Gasteiger partial charge in [0.05, 0.1) is 18.5 Å². The number of ether oxygens (including phenoxy) is 1. The molecule has 1 aliphatic rings. The summed E-state index contributed by atoms with van der Waals surface area (Å²) in [6.07, 6.45) is 4.79. The van der Waals surface area contributed by atoms with Crippen molar-refractivity contribution in [2.75, 3.05) is 12.8 Å². The van der Waals surface area contributed by atoms with Gasteiger partial charge in [-0.1, -0.05) is 12.8 Å². The number of nitrogens with zero attached hydrogens (tertiary/aromatic N) is 4. The van der Waals surface area contributed by atoms with Crippen LogP contribution >= 0.6 is 0 Å². The summed E-state index contributed by atoms with van der Waals surface area (Å²) < 4.78 is 6.91. The van der Waals surface area contributed by atoms with Gasteiger partial charge in [-0.25, -0.2) is 0 Å². The molecule has 1 aromatic heterocycles. The maximum absolute atomic E-state index is 6.06. The van der Waals surface area contributed by atoms with Crippen molar-refractivity contribution in [3.63, 3.8) is 0 Å². The zero-order valence-corrected chi connectivity index (χ0v) is 10.9. The van der Waals surface area contributed by atoms with Gasteiger partial charge in [-0.2, -0.15) is 4.68 Å². The van der Waals surface area contributed by atoms with E-state index in [2.05, 4.69) is 15.5 Å². The number of rotatable bonds is 3. The Labute approximate surface area is 111 Å². The minimum Gasteiger partial charge on any atom is -0.497 e. The van der Waals surface area contributed by atoms with Crippen molar-refractivity contribution in [3.8, 4) is 11.4 Å². The fraction of sp³-hybridized carbons (Fsp3) is 0.462. The highest BCUT2D eigenvalue weighted by atomic mass is 16.5. The highest BCUT2D eigenvalue weighted by Gasteiger charge is 2.24. The molecular formula is C13H17N5O. The molecule has 100 valence electrons. The molecule has 0 aliphatic heterocycles. The van der Waals surface area contributed by atoms with E-state index >= 15 is 0 Å². The summed E-state index contributed by atoms with van der Waals surface area (Å²) in [6, 6.07) is 5.55. The predicted octanol–water partition coefficient (Wildman–Crippen LogP) is 1.91. The van der Waals surface area contributed by atoms with E-state index in [0.717, 1.165) is 30.1 Å². The lowest BCUT2D eigenvalue weighted by Crippen LogP contribution is -2.09. The Hall–Kier alpha value is -2.11. The summed E-state index contributed by atoms with van der Waals surface area (Å²) in [5.74, 6) is 2.09. The largest absolute Gasteiger partial charge is 0.497 e. The van der Waals surface area contributed by atoms with Crippen LogP contribution in [-0.4, -0.2) is 27.3 Å². The van der Waals surface area contributed by atoms with Crippen LogP contribution in [0.1, 0.15) is 37.4 Å². The lowest BCUT2D eigenvalue weighted by Gasteiger charge is -2.12. The highest BCUT2D eigenvalue weighted by molar-refractivity contribution is 5.60. The minimum atomic E-state index is 0.441. The number of hydrogen-bond donors (Lipinski definition) is 1. The summed E-state index contributed by atoms with van der Waals surface area (Å²) in [5, 5.41) is 12.1. The zero-order chi connectivity index (χ0) is 13.2. The van der Waals surface area contributed by atoms with Gasteiger partial charge in [-0.15, -0.1) is 5.10 Å². The number of nitrogens with two attached hydrogens (primary N) is 1. The lowest BCUT2D eigenvalue weighted by atomic mass is 10.1. The first-order valence-electron chi connectivity index (χ1n) is 6.52. The molecule has 1 saturated carbocycles. The van der Waals surface area contributed by atoms with Crippen LogP contribution in [0.15, 0.2) is 18.2 Å². The number of methoxy groups -OCH3 is 1. The zero-order valence-electron chi connectivity index (χ0n) is 10.9. The van der Waals surface area contributed by atoms with Crippen LogP contribution < -0.4 is 10.5 Å². The number of tetrazole rings is 1. The summed E-state index contributed by atoms with van der Waals surface area (Å²) in [6.45, 7) is 0. The van der Waals surface area contributed by atoms with E-state index in [0.29, 0.717) is 11.6 Å². The smallest absolute Gasteiger partial charge is 0.159 e. The van der Waals surface area contributed by atoms with Gasteiger partial charge < -0.3 is 10.5 Å². The van der Waals surface area contributed by atoms with E-state index in [9.17, 15) is 0 Å². The van der Waals surface area contributed by atoms with Crippen molar-refractivity contribution in [1.29, 1.82) is 0 Å². The Balaban J connectivity index is 2.00. The van der Waals surface area contributed by atoms with Crippen molar-refractivity contribution in [2.24, 2.45) is 0 Å². The van der Waals surface area contributed by atoms with Crippen LogP contribution in [0.4, 0.5) is 5.69 Å². The van der Waals surface area contributed by atoms with Gasteiger partial charge in [-0.05, 0) is 35.4 Å². The number of benzene rings is 1. The third-order valence-corrected chi connectivity index (χ3v) is 3.68. The lowest BCUT2D eigenvalue weighted by molar-refractivity contribution is 0.415. The van der Waals surface area contributed by atoms with Gasteiger partial charge in [0.25, 0.3) is 0 Å². The molecule has 0 unspecified atom stereocenters. The van der Waals surface area contributed by atoms with Crippen LogP contribution in [0, 0.1) is 0 Å². The monoisotopic (exact) mass is 259 g/mol. The molecule has 1 aliphatic carbocycles. The van der Waals surface area contributed by atoms with Gasteiger partial charge in [-0.3, -0.25) is 0 Å². The van der Waals surface area contributed by atoms with Crippen LogP contribution in [0.2, 0.25) is 0 Å². The second-order valence-corrected chi connectivity index (χ2v) is 4.86. The Morgan fingerprint density at radius 2 is 2.11 bits per heavy atom. The average Bonchev–Trinajstić information content (AvgIpc) is 3.08. The molecule has 19 heavy (non-hydrogen) atoms. The first-order valence-corrected chi connectivity index (χ1v) is 6.52. The van der Waals surface area contributed by atoms with Crippen molar-refractivity contribution in [3.05, 3.63) is 24.0 Å². The van der Waals surface area contributed by atoms with E-state index in [4.69, 9.17) is 10.5 Å². The van der Waals surface area contributed by atoms with Crippen LogP contribution in [0.5, 0.6) is 5.75 Å². The Morgan fingerprint density at radius 3 is 2.79 bits per heavy atom. The van der Waals surface area contributed by atoms with E-state index in [1.54, 1.807) is 17.9 Å². The summed E-state index contributed by atoms with van der Waals surface area (Å²) in [5.41, 5.74) is 7.49. The molecule has 0 radical (unpaired) electrons. The number of anilines is 1. The summed E-state index contributed by atoms with van der Waals surface area (Å²) in [4.78, 5) is 0. The van der Waals surface area contributed by atoms with Gasteiger partial charge >= 0.3 is 0 Å². The highest BCUT2D eigenvalue weighted by Crippen LogP contribution is 2.34. The summed E-state index contributed by atoms with van der Waals surface area (Å²) >= 11 is 0. The molecule has 1 fully saturated rings. The number of nitrogen functional groups attached to an aromatic ring is 1. The molecule has 0 bridgehead atoms. The minimum absolute atomic E-state index is 0.441. The molecule has 3 rings (SSSR count). The molecule has 6 heteroatoms. The molecule has 6 nitrogen and oxygen atoms in total. The fourth-order valence-corrected chi connectivity index (χ4v) is 2.66. The third-order valence-electron chi connectivity index (χ3n) is 3.68. The van der Waals surface area contributed by atoms with Crippen LogP contribution in [0.25, 0.3) is 5.69 Å². The molecule has 0 spiro atoms. The predicted molar refractivity (Wildman–Crippen MR) is 71.3 cm³/mol.